The lowest BCUT2D eigenvalue weighted by Gasteiger charge is -2.18. The zero-order chi connectivity index (χ0) is 9.10. The van der Waals surface area contributed by atoms with Gasteiger partial charge in [0, 0.05) is 24.0 Å². The van der Waals surface area contributed by atoms with Crippen LogP contribution in [0.2, 0.25) is 0 Å². The van der Waals surface area contributed by atoms with Gasteiger partial charge in [-0.2, -0.15) is 0 Å². The lowest BCUT2D eigenvalue weighted by molar-refractivity contribution is -0.118. The second-order valence-electron chi connectivity index (χ2n) is 2.88. The molecule has 0 N–H and O–H groups in total. The third kappa shape index (κ3) is 1.75. The third-order valence-corrected chi connectivity index (χ3v) is 1.94. The molecule has 2 heterocycles. The smallest absolute Gasteiger partial charge is 0.162 e. The van der Waals surface area contributed by atoms with E-state index in [1.54, 1.807) is 12.4 Å². The van der Waals surface area contributed by atoms with Crippen LogP contribution in [0.25, 0.3) is 0 Å². The minimum Gasteiger partial charge on any atom is -0.493 e. The first-order valence-corrected chi connectivity index (χ1v) is 4.11. The summed E-state index contributed by atoms with van der Waals surface area (Å²) in [6, 6.07) is 3.74. The Bertz CT molecular complexity index is 332. The molecule has 0 bridgehead atoms. The van der Waals surface area contributed by atoms with Crippen LogP contribution in [0, 0.1) is 0 Å². The summed E-state index contributed by atoms with van der Waals surface area (Å²) in [6.45, 7) is 0. The summed E-state index contributed by atoms with van der Waals surface area (Å²) in [5.41, 5.74) is 0.945. The molecule has 1 aromatic rings. The molecule has 1 aromatic heterocycles. The third-order valence-electron chi connectivity index (χ3n) is 1.94. The van der Waals surface area contributed by atoms with Gasteiger partial charge >= 0.3 is 0 Å². The SMILES string of the molecule is O=C1C=COC(c2cccnc2)C1. The minimum absolute atomic E-state index is 0.0973. The van der Waals surface area contributed by atoms with Crippen molar-refractivity contribution >= 4 is 5.78 Å². The molecule has 2 rings (SSSR count). The van der Waals surface area contributed by atoms with E-state index in [4.69, 9.17) is 4.74 Å². The van der Waals surface area contributed by atoms with Crippen LogP contribution in [0.4, 0.5) is 0 Å². The zero-order valence-corrected chi connectivity index (χ0v) is 7.01. The van der Waals surface area contributed by atoms with Crippen LogP contribution < -0.4 is 0 Å². The Morgan fingerprint density at radius 2 is 2.46 bits per heavy atom. The maximum Gasteiger partial charge on any atom is 0.162 e. The molecule has 1 aliphatic heterocycles. The zero-order valence-electron chi connectivity index (χ0n) is 7.01. The fourth-order valence-corrected chi connectivity index (χ4v) is 1.27. The van der Waals surface area contributed by atoms with Crippen molar-refractivity contribution < 1.29 is 9.53 Å². The Kier molecular flexibility index (Phi) is 2.08. The molecule has 1 atom stereocenters. The molecule has 1 unspecified atom stereocenters. The van der Waals surface area contributed by atoms with E-state index in [-0.39, 0.29) is 11.9 Å². The number of hydrogen-bond donors (Lipinski definition) is 0. The Hall–Kier alpha value is -1.64. The van der Waals surface area contributed by atoms with Gasteiger partial charge < -0.3 is 4.74 Å². The summed E-state index contributed by atoms with van der Waals surface area (Å²) >= 11 is 0. The lowest BCUT2D eigenvalue weighted by Crippen LogP contribution is -2.11. The first-order chi connectivity index (χ1) is 6.36. The van der Waals surface area contributed by atoms with E-state index in [0.717, 1.165) is 5.56 Å². The van der Waals surface area contributed by atoms with E-state index in [9.17, 15) is 4.79 Å². The van der Waals surface area contributed by atoms with Crippen molar-refractivity contribution in [2.24, 2.45) is 0 Å². The molecule has 0 fully saturated rings. The highest BCUT2D eigenvalue weighted by Crippen LogP contribution is 2.23. The quantitative estimate of drug-likeness (QED) is 0.651. The number of nitrogens with zero attached hydrogens (tertiary/aromatic N) is 1. The van der Waals surface area contributed by atoms with Gasteiger partial charge in [0.25, 0.3) is 0 Å². The summed E-state index contributed by atoms with van der Waals surface area (Å²) in [4.78, 5) is 15.0. The first kappa shape index (κ1) is 7.98. The highest BCUT2D eigenvalue weighted by atomic mass is 16.5. The normalized spacial score (nSPS) is 21.2. The molecule has 3 nitrogen and oxygen atoms in total. The van der Waals surface area contributed by atoms with Gasteiger partial charge in [0.1, 0.15) is 6.10 Å². The van der Waals surface area contributed by atoms with Crippen molar-refractivity contribution in [3.63, 3.8) is 0 Å². The molecule has 0 saturated carbocycles. The number of rotatable bonds is 1. The van der Waals surface area contributed by atoms with Crippen LogP contribution >= 0.6 is 0 Å². The number of aromatic nitrogens is 1. The molecular weight excluding hydrogens is 166 g/mol. The first-order valence-electron chi connectivity index (χ1n) is 4.11. The van der Waals surface area contributed by atoms with Crippen molar-refractivity contribution in [1.82, 2.24) is 4.98 Å². The number of carbonyl (C=O) groups excluding carboxylic acids is 1. The fourth-order valence-electron chi connectivity index (χ4n) is 1.27. The molecule has 0 aromatic carbocycles. The van der Waals surface area contributed by atoms with Gasteiger partial charge in [-0.25, -0.2) is 0 Å². The summed E-state index contributed by atoms with van der Waals surface area (Å²) < 4.78 is 5.29. The molecule has 1 aliphatic rings. The van der Waals surface area contributed by atoms with Gasteiger partial charge in [0.2, 0.25) is 0 Å². The van der Waals surface area contributed by atoms with E-state index in [1.807, 2.05) is 12.1 Å². The van der Waals surface area contributed by atoms with E-state index >= 15 is 0 Å². The van der Waals surface area contributed by atoms with Crippen LogP contribution in [0.15, 0.2) is 36.9 Å². The summed E-state index contributed by atoms with van der Waals surface area (Å²) in [6.07, 6.45) is 6.56. The monoisotopic (exact) mass is 175 g/mol. The van der Waals surface area contributed by atoms with E-state index in [1.165, 1.54) is 12.3 Å². The van der Waals surface area contributed by atoms with Gasteiger partial charge in [0.15, 0.2) is 5.78 Å². The minimum atomic E-state index is -0.161. The predicted octanol–water partition coefficient (Wildman–Crippen LogP) is 1.63. The fraction of sp³-hybridized carbons (Fsp3) is 0.200. The Labute approximate surface area is 76.1 Å². The van der Waals surface area contributed by atoms with Crippen LogP contribution in [0.5, 0.6) is 0 Å². The molecule has 0 aliphatic carbocycles. The summed E-state index contributed by atoms with van der Waals surface area (Å²) in [5.74, 6) is 0.0973. The van der Waals surface area contributed by atoms with Crippen molar-refractivity contribution in [2.45, 2.75) is 12.5 Å². The number of allylic oxidation sites excluding steroid dienone is 1. The predicted molar refractivity (Wildman–Crippen MR) is 46.8 cm³/mol. The molecule has 0 saturated heterocycles. The van der Waals surface area contributed by atoms with E-state index < -0.39 is 0 Å². The number of ether oxygens (including phenoxy) is 1. The average Bonchev–Trinajstić information content (AvgIpc) is 2.19. The van der Waals surface area contributed by atoms with E-state index in [0.29, 0.717) is 6.42 Å². The van der Waals surface area contributed by atoms with Gasteiger partial charge in [-0.1, -0.05) is 6.07 Å². The maximum absolute atomic E-state index is 11.1. The Morgan fingerprint density at radius 1 is 1.54 bits per heavy atom. The van der Waals surface area contributed by atoms with E-state index in [2.05, 4.69) is 4.98 Å². The van der Waals surface area contributed by atoms with Gasteiger partial charge in [-0.3, -0.25) is 9.78 Å². The second-order valence-corrected chi connectivity index (χ2v) is 2.88. The van der Waals surface area contributed by atoms with Crippen molar-refractivity contribution in [3.8, 4) is 0 Å². The molecule has 13 heavy (non-hydrogen) atoms. The van der Waals surface area contributed by atoms with Gasteiger partial charge in [-0.05, 0) is 6.07 Å². The van der Waals surface area contributed by atoms with Crippen LogP contribution in [-0.2, 0) is 9.53 Å². The van der Waals surface area contributed by atoms with Gasteiger partial charge in [0.05, 0.1) is 12.7 Å². The highest BCUT2D eigenvalue weighted by molar-refractivity contribution is 5.90. The summed E-state index contributed by atoms with van der Waals surface area (Å²) in [7, 11) is 0. The number of ketones is 1. The highest BCUT2D eigenvalue weighted by Gasteiger charge is 2.18. The van der Waals surface area contributed by atoms with Gasteiger partial charge in [-0.15, -0.1) is 0 Å². The average molecular weight is 175 g/mol. The standard InChI is InChI=1S/C10H9NO2/c12-9-3-5-13-10(6-9)8-2-1-4-11-7-8/h1-5,7,10H,6H2. The number of pyridine rings is 1. The Morgan fingerprint density at radius 3 is 3.15 bits per heavy atom. The molecule has 0 amide bonds. The Balaban J connectivity index is 2.19. The molecule has 0 spiro atoms. The second kappa shape index (κ2) is 3.39. The molecular formula is C10H9NO2. The molecule has 66 valence electrons. The summed E-state index contributed by atoms with van der Waals surface area (Å²) in [5, 5.41) is 0. The number of carbonyl (C=O) groups is 1. The van der Waals surface area contributed by atoms with Crippen LogP contribution in [0.3, 0.4) is 0 Å². The van der Waals surface area contributed by atoms with Crippen molar-refractivity contribution in [1.29, 1.82) is 0 Å². The van der Waals surface area contributed by atoms with Crippen LogP contribution in [-0.4, -0.2) is 10.8 Å². The molecule has 3 heteroatoms. The maximum atomic E-state index is 11.1. The number of hydrogen-bond acceptors (Lipinski definition) is 3. The van der Waals surface area contributed by atoms with Crippen LogP contribution in [0.1, 0.15) is 18.1 Å². The van der Waals surface area contributed by atoms with Crippen molar-refractivity contribution in [3.05, 3.63) is 42.4 Å². The largest absolute Gasteiger partial charge is 0.493 e. The van der Waals surface area contributed by atoms with Crippen molar-refractivity contribution in [2.75, 3.05) is 0 Å². The lowest BCUT2D eigenvalue weighted by atomic mass is 10.0. The topological polar surface area (TPSA) is 39.2 Å². The molecule has 0 radical (unpaired) electrons.